The van der Waals surface area contributed by atoms with Gasteiger partial charge in [-0.1, -0.05) is 0 Å². The molecule has 0 bridgehead atoms. The van der Waals surface area contributed by atoms with E-state index >= 15 is 0 Å². The first-order chi connectivity index (χ1) is 12.8. The van der Waals surface area contributed by atoms with E-state index in [9.17, 15) is 0 Å². The van der Waals surface area contributed by atoms with Gasteiger partial charge < -0.3 is 0 Å². The molecule has 0 radical (unpaired) electrons. The molecule has 0 amide bonds. The standard InChI is InChI=1S/C13H13NS.5CO.W/c1-15-10-13-9-14-8-12(13)7-11-5-3-2-4-6-11;5*1-2;/h2-7,10,14H,9H2,1H3;;;;;;/b12-7+,13-10-;;;;;;. The molecule has 132 valence electrons. The van der Waals surface area contributed by atoms with Crippen molar-refractivity contribution in [3.8, 4) is 0 Å². The molecule has 1 heterocycles. The van der Waals surface area contributed by atoms with Gasteiger partial charge in [0.2, 0.25) is 0 Å². The summed E-state index contributed by atoms with van der Waals surface area (Å²) in [4.78, 5) is 0. The monoisotopic (exact) mass is 539 g/mol. The summed E-state index contributed by atoms with van der Waals surface area (Å²) >= 11 is 3.27. The molecule has 0 atom stereocenters. The third-order valence-corrected chi connectivity index (χ3v) is 4.23. The van der Waals surface area contributed by atoms with Crippen LogP contribution >= 0.6 is 11.8 Å². The van der Waals surface area contributed by atoms with Gasteiger partial charge in [0.1, 0.15) is 0 Å². The van der Waals surface area contributed by atoms with E-state index in [2.05, 4.69) is 86.6 Å². The third kappa shape index (κ3) is 14.6. The van der Waals surface area contributed by atoms with Crippen LogP contribution in [0.1, 0.15) is 5.56 Å². The number of thioether (sulfide) groups is 1. The Bertz CT molecular complexity index is 623. The average molecular weight is 539 g/mol. The van der Waals surface area contributed by atoms with E-state index in [1.54, 1.807) is 11.8 Å². The van der Waals surface area contributed by atoms with Crippen molar-refractivity contribution in [2.24, 2.45) is 0 Å². The van der Waals surface area contributed by atoms with Gasteiger partial charge in [0.25, 0.3) is 0 Å². The Morgan fingerprint density at radius 2 is 1.38 bits per heavy atom. The van der Waals surface area contributed by atoms with Crippen molar-refractivity contribution in [3.63, 3.8) is 0 Å². The molecule has 0 aliphatic carbocycles. The topological polar surface area (TPSA) is 112 Å². The van der Waals surface area contributed by atoms with Crippen molar-refractivity contribution in [2.75, 3.05) is 12.8 Å². The van der Waals surface area contributed by atoms with Crippen LogP contribution in [-0.4, -0.2) is 16.8 Å². The second-order valence-corrected chi connectivity index (χ2v) is 5.70. The first-order valence-corrected chi connectivity index (χ1v) is 8.86. The molecule has 1 aliphatic heterocycles. The maximum absolute atomic E-state index is 7.50. The van der Waals surface area contributed by atoms with Crippen LogP contribution < -0.4 is 5.32 Å². The third-order valence-electron chi connectivity index (χ3n) is 2.40. The molecule has 1 aromatic carbocycles. The number of hydrogen-bond acceptors (Lipinski definition) is 2. The zero-order valence-corrected chi connectivity index (χ0v) is 17.4. The van der Waals surface area contributed by atoms with Gasteiger partial charge in [-0.2, -0.15) is 0 Å². The molecule has 1 aliphatic rings. The van der Waals surface area contributed by atoms with Crippen molar-refractivity contribution in [1.29, 1.82) is 0 Å². The molecule has 6 nitrogen and oxygen atoms in total. The summed E-state index contributed by atoms with van der Waals surface area (Å²) < 4.78 is 38.9. The zero-order chi connectivity index (χ0) is 21.4. The van der Waals surface area contributed by atoms with E-state index in [1.165, 1.54) is 40.1 Å². The summed E-state index contributed by atoms with van der Waals surface area (Å²) in [5.41, 5.74) is 4.05. The molecule has 1 N–H and O–H groups in total. The summed E-state index contributed by atoms with van der Waals surface area (Å²) in [6.07, 6.45) is 4.37. The minimum atomic E-state index is 0.971. The maximum atomic E-state index is 7.50. The molecule has 1 fully saturated rings. The van der Waals surface area contributed by atoms with Crippen LogP contribution in [0.5, 0.6) is 0 Å². The first kappa shape index (κ1) is 32.0. The van der Waals surface area contributed by atoms with E-state index in [0.29, 0.717) is 0 Å². The van der Waals surface area contributed by atoms with Crippen molar-refractivity contribution in [3.05, 3.63) is 85.7 Å². The normalized spacial score (nSPS) is 13.3. The summed E-state index contributed by atoms with van der Waals surface area (Å²) in [6.45, 7) is 23.5. The number of hydrogen-bond donors (Lipinski definition) is 1. The van der Waals surface area contributed by atoms with Crippen molar-refractivity contribution < 1.29 is 42.6 Å². The molecule has 1 saturated heterocycles. The number of benzene rings is 1. The molecule has 1 aromatic rings. The van der Waals surface area contributed by atoms with Gasteiger partial charge in [-0.05, 0) is 0 Å². The summed E-state index contributed by atoms with van der Waals surface area (Å²) in [5.74, 6) is 0. The van der Waals surface area contributed by atoms with Gasteiger partial charge in [0.05, 0.1) is 0 Å². The molecule has 2 rings (SSSR count). The SMILES string of the molecule is CS/C=C1/CN[C](=[W])/C1=C\c1ccccc1.[C-]#[O+].[C-]#[O+].[C-]#[O+].[C-]#[O+].[C-]#[O+]. The number of nitrogens with one attached hydrogen (secondary N) is 1. The Morgan fingerprint density at radius 1 is 0.923 bits per heavy atom. The molecular weight excluding hydrogens is 526 g/mol. The van der Waals surface area contributed by atoms with Crippen molar-refractivity contribution >= 4 is 21.9 Å². The Kier molecular flexibility index (Phi) is 34.6. The van der Waals surface area contributed by atoms with E-state index in [4.69, 9.17) is 23.3 Å². The van der Waals surface area contributed by atoms with Crippen molar-refractivity contribution in [2.45, 2.75) is 0 Å². The van der Waals surface area contributed by atoms with Gasteiger partial charge >= 0.3 is 168 Å². The van der Waals surface area contributed by atoms with Gasteiger partial charge in [-0.15, -0.1) is 0 Å². The van der Waals surface area contributed by atoms with Crippen LogP contribution in [0, 0.1) is 33.3 Å². The van der Waals surface area contributed by atoms with E-state index in [0.717, 1.165) is 6.54 Å². The fourth-order valence-corrected chi connectivity index (χ4v) is 3.07. The number of rotatable bonds is 2. The molecule has 0 saturated carbocycles. The van der Waals surface area contributed by atoms with E-state index in [-0.39, 0.29) is 0 Å². The molecule has 26 heavy (non-hydrogen) atoms. The second-order valence-electron chi connectivity index (χ2n) is 3.53. The first-order valence-electron chi connectivity index (χ1n) is 6.10. The predicted octanol–water partition coefficient (Wildman–Crippen LogP) is 2.41. The minimum absolute atomic E-state index is 0.971. The van der Waals surface area contributed by atoms with Crippen LogP contribution in [0.3, 0.4) is 0 Å². The summed E-state index contributed by atoms with van der Waals surface area (Å²) in [6, 6.07) is 10.5. The van der Waals surface area contributed by atoms with Gasteiger partial charge in [-0.3, -0.25) is 0 Å². The summed E-state index contributed by atoms with van der Waals surface area (Å²) in [7, 11) is 0. The Morgan fingerprint density at radius 3 is 1.81 bits per heavy atom. The van der Waals surface area contributed by atoms with Gasteiger partial charge in [0.15, 0.2) is 0 Å². The predicted molar refractivity (Wildman–Crippen MR) is 88.7 cm³/mol. The Balaban J connectivity index is -0.000000210. The second kappa shape index (κ2) is 28.1. The molecule has 8 heteroatoms. The van der Waals surface area contributed by atoms with Crippen LogP contribution in [0.4, 0.5) is 0 Å². The molecular formula is C18H13NO5SW. The van der Waals surface area contributed by atoms with Crippen LogP contribution in [0.15, 0.2) is 46.9 Å². The zero-order valence-electron chi connectivity index (χ0n) is 13.6. The molecule has 0 aromatic heterocycles. The average Bonchev–Trinajstić information content (AvgIpc) is 3.10. The fourth-order valence-electron chi connectivity index (χ4n) is 1.63. The van der Waals surface area contributed by atoms with Gasteiger partial charge in [-0.25, -0.2) is 0 Å². The van der Waals surface area contributed by atoms with Crippen LogP contribution in [0.25, 0.3) is 6.08 Å². The quantitative estimate of drug-likeness (QED) is 0.460. The molecule has 0 spiro atoms. The molecule has 0 unspecified atom stereocenters. The Labute approximate surface area is 168 Å². The van der Waals surface area contributed by atoms with E-state index in [1.807, 2.05) is 0 Å². The van der Waals surface area contributed by atoms with E-state index < -0.39 is 0 Å². The fraction of sp³-hybridized carbons (Fsp3) is 0.111. The van der Waals surface area contributed by atoms with Gasteiger partial charge in [0, 0.05) is 0 Å². The summed E-state index contributed by atoms with van der Waals surface area (Å²) in [5, 5.41) is 5.66. The van der Waals surface area contributed by atoms with Crippen LogP contribution in [-0.2, 0) is 42.6 Å². The van der Waals surface area contributed by atoms with Crippen LogP contribution in [0.2, 0.25) is 0 Å². The Hall–Kier alpha value is -1.73. The van der Waals surface area contributed by atoms with Crippen molar-refractivity contribution in [1.82, 2.24) is 5.32 Å².